The van der Waals surface area contributed by atoms with Gasteiger partial charge in [-0.25, -0.2) is 0 Å². The molecular weight excluding hydrogens is 247 g/mol. The van der Waals surface area contributed by atoms with Crippen LogP contribution in [0.15, 0.2) is 0 Å². The first-order chi connectivity index (χ1) is 8.00. The van der Waals surface area contributed by atoms with Gasteiger partial charge < -0.3 is 21.0 Å². The van der Waals surface area contributed by atoms with Gasteiger partial charge in [0.25, 0.3) is 0 Å². The van der Waals surface area contributed by atoms with Crippen LogP contribution in [0.5, 0.6) is 0 Å². The molecule has 1 aliphatic carbocycles. The second kappa shape index (κ2) is 8.50. The van der Waals surface area contributed by atoms with Gasteiger partial charge in [0, 0.05) is 12.5 Å². The summed E-state index contributed by atoms with van der Waals surface area (Å²) in [5.74, 6) is -4.53. The molecule has 0 aromatic carbocycles. The number of carbonyl (C=O) groups excluding carboxylic acids is 3. The van der Waals surface area contributed by atoms with Crippen LogP contribution in [0.3, 0.4) is 0 Å². The smallest absolute Gasteiger partial charge is 0.549 e. The van der Waals surface area contributed by atoms with Gasteiger partial charge in [-0.15, -0.1) is 0 Å². The van der Waals surface area contributed by atoms with Crippen molar-refractivity contribution in [1.82, 2.24) is 5.32 Å². The minimum atomic E-state index is -1.56. The minimum absolute atomic E-state index is 0. The van der Waals surface area contributed by atoms with E-state index in [0.29, 0.717) is 0 Å². The number of primary amides is 1. The fourth-order valence-electron chi connectivity index (χ4n) is 2.03. The second-order valence-corrected chi connectivity index (χ2v) is 4.39. The number of aliphatic carboxylic acids is 1. The first kappa shape index (κ1) is 17.4. The van der Waals surface area contributed by atoms with Crippen LogP contribution in [0.1, 0.15) is 38.5 Å². The summed E-state index contributed by atoms with van der Waals surface area (Å²) in [6, 6.07) is 0.00553. The standard InChI is InChI=1S/C11H18N2O4.Na/c12-9(14)6-8(11(16)17)10(15)13-7-4-2-1-3-5-7;/h7-8H,1-6H2,(H2,12,14)(H,13,15)(H,16,17);/q;+1/p-1. The zero-order chi connectivity index (χ0) is 12.8. The Balaban J connectivity index is 0.00000289. The summed E-state index contributed by atoms with van der Waals surface area (Å²) < 4.78 is 0. The largest absolute Gasteiger partial charge is 1.00 e. The van der Waals surface area contributed by atoms with Crippen LogP contribution in [0, 0.1) is 5.92 Å². The van der Waals surface area contributed by atoms with Crippen molar-refractivity contribution in [3.05, 3.63) is 0 Å². The van der Waals surface area contributed by atoms with Gasteiger partial charge in [0.2, 0.25) is 11.8 Å². The van der Waals surface area contributed by atoms with E-state index in [1.807, 2.05) is 0 Å². The average molecular weight is 264 g/mol. The fraction of sp³-hybridized carbons (Fsp3) is 0.727. The van der Waals surface area contributed by atoms with E-state index >= 15 is 0 Å². The molecule has 0 spiro atoms. The van der Waals surface area contributed by atoms with Crippen molar-refractivity contribution < 1.29 is 49.0 Å². The van der Waals surface area contributed by atoms with E-state index in [9.17, 15) is 19.5 Å². The van der Waals surface area contributed by atoms with Crippen molar-refractivity contribution in [2.75, 3.05) is 0 Å². The van der Waals surface area contributed by atoms with Crippen molar-refractivity contribution in [2.24, 2.45) is 11.7 Å². The summed E-state index contributed by atoms with van der Waals surface area (Å²) in [7, 11) is 0. The van der Waals surface area contributed by atoms with Gasteiger partial charge in [-0.3, -0.25) is 9.59 Å². The summed E-state index contributed by atoms with van der Waals surface area (Å²) in [5, 5.41) is 13.4. The quantitative estimate of drug-likeness (QED) is 0.386. The summed E-state index contributed by atoms with van der Waals surface area (Å²) in [4.78, 5) is 33.0. The molecule has 0 aromatic rings. The van der Waals surface area contributed by atoms with Crippen molar-refractivity contribution in [2.45, 2.75) is 44.6 Å². The third kappa shape index (κ3) is 5.84. The second-order valence-electron chi connectivity index (χ2n) is 4.39. The maximum Gasteiger partial charge on any atom is 1.00 e. The third-order valence-corrected chi connectivity index (χ3v) is 2.96. The van der Waals surface area contributed by atoms with Crippen LogP contribution in [0.2, 0.25) is 0 Å². The van der Waals surface area contributed by atoms with Crippen LogP contribution in [0.25, 0.3) is 0 Å². The van der Waals surface area contributed by atoms with Crippen LogP contribution in [-0.2, 0) is 14.4 Å². The predicted octanol–water partition coefficient (Wildman–Crippen LogP) is -4.32. The van der Waals surface area contributed by atoms with E-state index in [1.165, 1.54) is 0 Å². The molecule has 18 heavy (non-hydrogen) atoms. The van der Waals surface area contributed by atoms with Gasteiger partial charge in [-0.1, -0.05) is 19.3 Å². The fourth-order valence-corrected chi connectivity index (χ4v) is 2.03. The number of amides is 2. The molecule has 1 fully saturated rings. The molecule has 0 bridgehead atoms. The third-order valence-electron chi connectivity index (χ3n) is 2.96. The van der Waals surface area contributed by atoms with E-state index in [-0.39, 0.29) is 35.6 Å². The number of nitrogens with one attached hydrogen (secondary N) is 1. The molecule has 0 saturated heterocycles. The maximum absolute atomic E-state index is 11.6. The van der Waals surface area contributed by atoms with Gasteiger partial charge >= 0.3 is 29.6 Å². The molecule has 3 N–H and O–H groups in total. The van der Waals surface area contributed by atoms with Crippen LogP contribution < -0.4 is 45.7 Å². The van der Waals surface area contributed by atoms with E-state index < -0.39 is 30.1 Å². The predicted molar refractivity (Wildman–Crippen MR) is 57.3 cm³/mol. The normalized spacial score (nSPS) is 17.3. The monoisotopic (exact) mass is 264 g/mol. The van der Waals surface area contributed by atoms with Gasteiger partial charge in [-0.05, 0) is 12.8 Å². The number of carbonyl (C=O) groups is 3. The summed E-state index contributed by atoms with van der Waals surface area (Å²) >= 11 is 0. The molecule has 1 atom stereocenters. The van der Waals surface area contributed by atoms with Gasteiger partial charge in [0.05, 0.1) is 11.9 Å². The molecule has 0 radical (unpaired) electrons. The molecule has 2 amide bonds. The van der Waals surface area contributed by atoms with Crippen LogP contribution >= 0.6 is 0 Å². The topological polar surface area (TPSA) is 112 Å². The van der Waals surface area contributed by atoms with Crippen molar-refractivity contribution in [3.8, 4) is 0 Å². The number of hydrogen-bond acceptors (Lipinski definition) is 4. The van der Waals surface area contributed by atoms with Gasteiger partial charge in [-0.2, -0.15) is 0 Å². The number of rotatable bonds is 5. The molecular formula is C11H17N2NaO4. The first-order valence-electron chi connectivity index (χ1n) is 5.80. The van der Waals surface area contributed by atoms with Crippen LogP contribution in [0.4, 0.5) is 0 Å². The van der Waals surface area contributed by atoms with E-state index in [4.69, 9.17) is 5.73 Å². The Labute approximate surface area is 128 Å². The molecule has 6 nitrogen and oxygen atoms in total. The molecule has 7 heteroatoms. The SMILES string of the molecule is NC(=O)CC(C(=O)[O-])C(=O)NC1CCCCC1.[Na+]. The molecule has 0 heterocycles. The zero-order valence-electron chi connectivity index (χ0n) is 10.6. The van der Waals surface area contributed by atoms with Crippen LogP contribution in [-0.4, -0.2) is 23.8 Å². The summed E-state index contributed by atoms with van der Waals surface area (Å²) in [5.41, 5.74) is 4.89. The Bertz CT molecular complexity index is 316. The number of carboxylic acids is 1. The Morgan fingerprint density at radius 2 is 1.78 bits per heavy atom. The molecule has 0 aliphatic heterocycles. The molecule has 1 aliphatic rings. The Morgan fingerprint density at radius 1 is 1.22 bits per heavy atom. The van der Waals surface area contributed by atoms with Crippen molar-refractivity contribution in [3.63, 3.8) is 0 Å². The molecule has 1 unspecified atom stereocenters. The first-order valence-corrected chi connectivity index (χ1v) is 5.80. The van der Waals surface area contributed by atoms with Gasteiger partial charge in [0.1, 0.15) is 0 Å². The van der Waals surface area contributed by atoms with Gasteiger partial charge in [0.15, 0.2) is 0 Å². The minimum Gasteiger partial charge on any atom is -0.549 e. The van der Waals surface area contributed by atoms with E-state index in [1.54, 1.807) is 0 Å². The summed E-state index contributed by atoms with van der Waals surface area (Å²) in [6.45, 7) is 0. The Morgan fingerprint density at radius 3 is 2.22 bits per heavy atom. The Hall–Kier alpha value is -0.590. The molecule has 1 rings (SSSR count). The molecule has 0 aromatic heterocycles. The molecule has 96 valence electrons. The van der Waals surface area contributed by atoms with E-state index in [2.05, 4.69) is 5.32 Å². The average Bonchev–Trinajstić information content (AvgIpc) is 2.26. The Kier molecular flexibility index (Phi) is 8.22. The van der Waals surface area contributed by atoms with Crippen molar-refractivity contribution >= 4 is 17.8 Å². The number of hydrogen-bond donors (Lipinski definition) is 2. The zero-order valence-corrected chi connectivity index (χ0v) is 12.6. The van der Waals surface area contributed by atoms with Crippen molar-refractivity contribution in [1.29, 1.82) is 0 Å². The maximum atomic E-state index is 11.6. The number of carboxylic acid groups (broad SMARTS) is 1. The summed E-state index contributed by atoms with van der Waals surface area (Å²) in [6.07, 6.45) is 4.37. The number of nitrogens with two attached hydrogens (primary N) is 1. The molecule has 1 saturated carbocycles. The van der Waals surface area contributed by atoms with E-state index in [0.717, 1.165) is 32.1 Å².